The third-order valence-corrected chi connectivity index (χ3v) is 16.2. The summed E-state index contributed by atoms with van der Waals surface area (Å²) in [4.78, 5) is 43.2. The average Bonchev–Trinajstić information content (AvgIpc) is 3.36. The first-order chi connectivity index (χ1) is 24.1. The number of Topliss-reactive ketones (excluding diaryl/α,β-unsaturated/α-hetero) is 1. The third-order valence-electron chi connectivity index (χ3n) is 15.9. The Labute approximate surface area is 316 Å². The summed E-state index contributed by atoms with van der Waals surface area (Å²) in [5.41, 5.74) is 1.22. The van der Waals surface area contributed by atoms with Crippen LogP contribution < -0.4 is 5.32 Å². The summed E-state index contributed by atoms with van der Waals surface area (Å²) in [5.74, 6) is -0.0169. The van der Waals surface area contributed by atoms with Gasteiger partial charge in [-0.1, -0.05) is 65.6 Å². The smallest absolute Gasteiger partial charge is 0.309 e. The lowest BCUT2D eigenvalue weighted by Gasteiger charge is -2.72. The van der Waals surface area contributed by atoms with Gasteiger partial charge < -0.3 is 20.3 Å². The van der Waals surface area contributed by atoms with Gasteiger partial charge in [0.05, 0.1) is 28.7 Å². The number of aliphatic hydroxyl groups excluding tert-OH is 1. The molecule has 5 aliphatic carbocycles. The van der Waals surface area contributed by atoms with Crippen molar-refractivity contribution in [2.75, 3.05) is 6.54 Å². The number of aliphatic hydroxyl groups is 1. The van der Waals surface area contributed by atoms with Gasteiger partial charge in [-0.3, -0.25) is 19.4 Å². The Morgan fingerprint density at radius 3 is 2.35 bits per heavy atom. The number of carboxylic acids is 1. The lowest BCUT2D eigenvalue weighted by molar-refractivity contribution is -0.235. The molecule has 288 valence electrons. The number of aromatic nitrogens is 1. The Morgan fingerprint density at radius 1 is 1.00 bits per heavy atom. The number of hydrogen-bond acceptors (Lipinski definition) is 7. The number of rotatable bonds is 10. The van der Waals surface area contributed by atoms with E-state index in [-0.39, 0.29) is 51.8 Å². The summed E-state index contributed by atoms with van der Waals surface area (Å²) in [5, 5.41) is 25.8. The van der Waals surface area contributed by atoms with Crippen LogP contribution in [0.3, 0.4) is 0 Å². The van der Waals surface area contributed by atoms with E-state index in [1.54, 1.807) is 20.0 Å². The second-order valence-electron chi connectivity index (χ2n) is 19.7. The fourth-order valence-corrected chi connectivity index (χ4v) is 13.1. The summed E-state index contributed by atoms with van der Waals surface area (Å²) in [7, 11) is 0. The van der Waals surface area contributed by atoms with Crippen LogP contribution in [0.15, 0.2) is 29.5 Å². The van der Waals surface area contributed by atoms with Crippen LogP contribution in [-0.4, -0.2) is 51.7 Å². The largest absolute Gasteiger partial charge is 0.481 e. The highest BCUT2D eigenvalue weighted by atomic mass is 35.5. The SMILES string of the molecule is CC(C)C1=C2[C@H]3CC[C@@H]4[C@@]5(C)CC[C@H](OC(=O)CC(C)(C)C(=O)O)C(C)(C)[C@@H]5CC[C@@]4(C)[C@]3(C)CC[C@@]2([C@H](O)CNCc2ccc(Cl)cn2)CC1=O. The molecule has 1 aromatic rings. The lowest BCUT2D eigenvalue weighted by Crippen LogP contribution is -2.66. The highest BCUT2D eigenvalue weighted by Gasteiger charge is 2.70. The minimum absolute atomic E-state index is 0.0241. The zero-order valence-corrected chi connectivity index (χ0v) is 33.8. The normalized spacial score (nSPS) is 37.5. The summed E-state index contributed by atoms with van der Waals surface area (Å²) < 4.78 is 6.16. The van der Waals surface area contributed by atoms with E-state index < -0.39 is 28.9 Å². The Kier molecular flexibility index (Phi) is 10.2. The Balaban J connectivity index is 1.26. The molecule has 0 spiro atoms. The number of ketones is 1. The zero-order valence-electron chi connectivity index (χ0n) is 33.0. The van der Waals surface area contributed by atoms with E-state index in [2.05, 4.69) is 58.8 Å². The quantitative estimate of drug-likeness (QED) is 0.204. The van der Waals surface area contributed by atoms with E-state index in [4.69, 9.17) is 16.3 Å². The number of halogens is 1. The van der Waals surface area contributed by atoms with Crippen molar-refractivity contribution in [2.45, 2.75) is 145 Å². The second-order valence-corrected chi connectivity index (χ2v) is 20.1. The highest BCUT2D eigenvalue weighted by Crippen LogP contribution is 2.77. The molecule has 9 heteroatoms. The number of carboxylic acid groups (broad SMARTS) is 1. The van der Waals surface area contributed by atoms with Crippen molar-refractivity contribution < 1.29 is 29.3 Å². The molecule has 1 aromatic heterocycles. The van der Waals surface area contributed by atoms with Crippen LogP contribution in [0.5, 0.6) is 0 Å². The molecule has 0 unspecified atom stereocenters. The molecule has 4 fully saturated rings. The summed E-state index contributed by atoms with van der Waals surface area (Å²) >= 11 is 6.04. The summed E-state index contributed by atoms with van der Waals surface area (Å²) in [6.45, 7) is 20.5. The maximum absolute atomic E-state index is 14.0. The molecule has 4 saturated carbocycles. The number of fused-ring (bicyclic) bond motifs is 7. The molecular weight excluding hydrogens is 676 g/mol. The number of carbonyl (C=O) groups is 3. The minimum atomic E-state index is -1.17. The molecule has 0 amide bonds. The molecule has 0 radical (unpaired) electrons. The number of aliphatic carboxylic acids is 1. The molecule has 6 rings (SSSR count). The van der Waals surface area contributed by atoms with Gasteiger partial charge in [-0.05, 0) is 123 Å². The highest BCUT2D eigenvalue weighted by molar-refractivity contribution is 6.30. The van der Waals surface area contributed by atoms with Crippen LogP contribution in [0.1, 0.15) is 132 Å². The van der Waals surface area contributed by atoms with Crippen LogP contribution in [0.2, 0.25) is 5.02 Å². The molecule has 0 saturated heterocycles. The number of nitrogens with zero attached hydrogens (tertiary/aromatic N) is 1. The van der Waals surface area contributed by atoms with E-state index in [1.807, 2.05) is 12.1 Å². The molecule has 9 atom stereocenters. The fourth-order valence-electron chi connectivity index (χ4n) is 13.0. The second kappa shape index (κ2) is 13.5. The number of pyridine rings is 1. The van der Waals surface area contributed by atoms with Crippen molar-refractivity contribution >= 4 is 29.3 Å². The molecule has 0 bridgehead atoms. The predicted octanol–water partition coefficient (Wildman–Crippen LogP) is 8.58. The van der Waals surface area contributed by atoms with Gasteiger partial charge in [0.1, 0.15) is 6.10 Å². The number of esters is 1. The van der Waals surface area contributed by atoms with Crippen LogP contribution in [0.25, 0.3) is 0 Å². The summed E-state index contributed by atoms with van der Waals surface area (Å²) in [6, 6.07) is 3.72. The number of nitrogens with one attached hydrogen (secondary N) is 1. The van der Waals surface area contributed by atoms with Crippen molar-refractivity contribution in [1.29, 1.82) is 0 Å². The third kappa shape index (κ3) is 6.09. The number of carbonyl (C=O) groups excluding carboxylic acids is 2. The number of allylic oxidation sites excluding steroid dienone is 1. The van der Waals surface area contributed by atoms with E-state index >= 15 is 0 Å². The molecule has 5 aliphatic rings. The molecule has 0 aromatic carbocycles. The standard InChI is InChI=1S/C43H63ClN2O6/c1-25(2)35-29(47)20-43(32(48)24-45-23-27-11-10-26(44)22-46-27)19-18-41(8)28(36(35)43)12-13-31-40(7)16-15-33(52-34(49)21-38(3,4)37(50)51)39(5,6)30(40)14-17-42(31,41)9/h10-11,22,25,28,30-33,45,48H,12-21,23-24H2,1-9H3,(H,50,51)/t28-,30+,31-,32-,33+,40+,41-,42-,43+/m1/s1. The zero-order chi connectivity index (χ0) is 38.2. The van der Waals surface area contributed by atoms with Crippen LogP contribution in [-0.2, 0) is 25.7 Å². The van der Waals surface area contributed by atoms with E-state index in [9.17, 15) is 24.6 Å². The monoisotopic (exact) mass is 738 g/mol. The Bertz CT molecular complexity index is 1620. The van der Waals surface area contributed by atoms with Gasteiger partial charge >= 0.3 is 11.9 Å². The molecule has 3 N–H and O–H groups in total. The average molecular weight is 739 g/mol. The number of ether oxygens (including phenoxy) is 1. The van der Waals surface area contributed by atoms with Gasteiger partial charge in [-0.25, -0.2) is 0 Å². The Hall–Kier alpha value is -2.29. The van der Waals surface area contributed by atoms with Crippen molar-refractivity contribution in [3.05, 3.63) is 40.2 Å². The van der Waals surface area contributed by atoms with Gasteiger partial charge in [-0.2, -0.15) is 0 Å². The van der Waals surface area contributed by atoms with Crippen LogP contribution in [0, 0.1) is 56.2 Å². The topological polar surface area (TPSA) is 126 Å². The first-order valence-corrected chi connectivity index (χ1v) is 20.2. The predicted molar refractivity (Wildman–Crippen MR) is 202 cm³/mol. The van der Waals surface area contributed by atoms with E-state index in [0.29, 0.717) is 36.4 Å². The van der Waals surface area contributed by atoms with Gasteiger partial charge in [-0.15, -0.1) is 0 Å². The van der Waals surface area contributed by atoms with Crippen LogP contribution in [0.4, 0.5) is 0 Å². The van der Waals surface area contributed by atoms with Crippen LogP contribution >= 0.6 is 11.6 Å². The molecular formula is C43H63ClN2O6. The first kappa shape index (κ1) is 39.4. The Morgan fingerprint density at radius 2 is 1.71 bits per heavy atom. The van der Waals surface area contributed by atoms with Gasteiger partial charge in [0.15, 0.2) is 5.78 Å². The minimum Gasteiger partial charge on any atom is -0.481 e. The first-order valence-electron chi connectivity index (χ1n) is 19.8. The molecule has 0 aliphatic heterocycles. The van der Waals surface area contributed by atoms with Gasteiger partial charge in [0, 0.05) is 36.5 Å². The fraction of sp³-hybridized carbons (Fsp3) is 0.767. The van der Waals surface area contributed by atoms with Gasteiger partial charge in [0.2, 0.25) is 0 Å². The van der Waals surface area contributed by atoms with E-state index in [0.717, 1.165) is 62.6 Å². The maximum Gasteiger partial charge on any atom is 0.309 e. The van der Waals surface area contributed by atoms with Crippen molar-refractivity contribution in [2.24, 2.45) is 56.2 Å². The van der Waals surface area contributed by atoms with Crippen molar-refractivity contribution in [3.8, 4) is 0 Å². The lowest BCUT2D eigenvalue weighted by atomic mass is 9.33. The number of hydrogen-bond donors (Lipinski definition) is 3. The van der Waals surface area contributed by atoms with Crippen molar-refractivity contribution in [3.63, 3.8) is 0 Å². The van der Waals surface area contributed by atoms with Crippen molar-refractivity contribution in [1.82, 2.24) is 10.3 Å². The molecule has 8 nitrogen and oxygen atoms in total. The summed E-state index contributed by atoms with van der Waals surface area (Å²) in [6.07, 6.45) is 8.69. The maximum atomic E-state index is 14.0. The van der Waals surface area contributed by atoms with Gasteiger partial charge in [0.25, 0.3) is 0 Å². The van der Waals surface area contributed by atoms with E-state index in [1.165, 1.54) is 5.57 Å². The molecule has 1 heterocycles. The molecule has 52 heavy (non-hydrogen) atoms.